The lowest BCUT2D eigenvalue weighted by Crippen LogP contribution is -2.23. The minimum Gasteiger partial charge on any atom is -0.390 e. The monoisotopic (exact) mass is 154 g/mol. The summed E-state index contributed by atoms with van der Waals surface area (Å²) in [6.45, 7) is 0. The van der Waals surface area contributed by atoms with E-state index in [4.69, 9.17) is 28.3 Å². The second-order valence-corrected chi connectivity index (χ2v) is 3.71. The van der Waals surface area contributed by atoms with Crippen LogP contribution in [0.3, 0.4) is 0 Å². The van der Waals surface area contributed by atoms with Crippen LogP contribution in [0.2, 0.25) is 0 Å². The molecule has 1 unspecified atom stereocenters. The fourth-order valence-corrected chi connectivity index (χ4v) is 1.39. The molecule has 0 aliphatic heterocycles. The van der Waals surface area contributed by atoms with Gasteiger partial charge in [0.2, 0.25) is 0 Å². The van der Waals surface area contributed by atoms with Crippen molar-refractivity contribution in [3.05, 3.63) is 0 Å². The molecular weight excluding hydrogens is 147 g/mol. The van der Waals surface area contributed by atoms with Crippen molar-refractivity contribution in [2.75, 3.05) is 0 Å². The van der Waals surface area contributed by atoms with E-state index >= 15 is 0 Å². The van der Waals surface area contributed by atoms with Crippen molar-refractivity contribution in [3.63, 3.8) is 0 Å². The first-order chi connectivity index (χ1) is 3.63. The molecule has 0 saturated heterocycles. The summed E-state index contributed by atoms with van der Waals surface area (Å²) in [6, 6.07) is 0. The van der Waals surface area contributed by atoms with Crippen molar-refractivity contribution in [1.82, 2.24) is 0 Å². The summed E-state index contributed by atoms with van der Waals surface area (Å²) in [7, 11) is 0. The normalized spacial score (nSPS) is 35.6. The zero-order valence-corrected chi connectivity index (χ0v) is 5.91. The topological polar surface area (TPSA) is 20.2 Å². The summed E-state index contributed by atoms with van der Waals surface area (Å²) < 4.78 is -0.847. The Labute approximate surface area is 58.6 Å². The Morgan fingerprint density at radius 2 is 2.12 bits per heavy atom. The number of halogens is 2. The maximum atomic E-state index is 8.99. The smallest absolute Gasteiger partial charge is 0.143 e. The molecule has 0 radical (unpaired) electrons. The van der Waals surface area contributed by atoms with Crippen molar-refractivity contribution in [2.24, 2.45) is 0 Å². The summed E-state index contributed by atoms with van der Waals surface area (Å²) in [5.41, 5.74) is 0. The van der Waals surface area contributed by atoms with E-state index in [9.17, 15) is 0 Å². The molecule has 0 aromatic heterocycles. The quantitative estimate of drug-likeness (QED) is 0.528. The van der Waals surface area contributed by atoms with Gasteiger partial charge in [0.05, 0.1) is 6.10 Å². The standard InChI is InChI=1S/C5H8Cl2O/c6-5(7)3-1-2-4(5)8/h4,8H,1-3H2. The van der Waals surface area contributed by atoms with Crippen molar-refractivity contribution in [1.29, 1.82) is 0 Å². The molecule has 8 heavy (non-hydrogen) atoms. The van der Waals surface area contributed by atoms with E-state index in [1.807, 2.05) is 0 Å². The Kier molecular flexibility index (Phi) is 1.71. The van der Waals surface area contributed by atoms with Gasteiger partial charge in [0.15, 0.2) is 0 Å². The summed E-state index contributed by atoms with van der Waals surface area (Å²) in [6.07, 6.45) is 1.89. The van der Waals surface area contributed by atoms with Gasteiger partial charge in [0.1, 0.15) is 4.33 Å². The lowest BCUT2D eigenvalue weighted by atomic mass is 10.3. The number of alkyl halides is 2. The van der Waals surface area contributed by atoms with Gasteiger partial charge in [-0.15, -0.1) is 0 Å². The predicted molar refractivity (Wildman–Crippen MR) is 34.3 cm³/mol. The largest absolute Gasteiger partial charge is 0.390 e. The van der Waals surface area contributed by atoms with Gasteiger partial charge in [-0.3, -0.25) is 0 Å². The number of hydrogen-bond acceptors (Lipinski definition) is 1. The van der Waals surface area contributed by atoms with Gasteiger partial charge in [-0.25, -0.2) is 0 Å². The zero-order chi connectivity index (χ0) is 6.20. The number of aliphatic hydroxyl groups excluding tert-OH is 1. The third kappa shape index (κ3) is 1.09. The lowest BCUT2D eigenvalue weighted by molar-refractivity contribution is 0.175. The van der Waals surface area contributed by atoms with Gasteiger partial charge in [-0.05, 0) is 19.3 Å². The minimum atomic E-state index is -0.847. The minimum absolute atomic E-state index is 0.508. The maximum absolute atomic E-state index is 8.99. The van der Waals surface area contributed by atoms with Crippen LogP contribution in [0.25, 0.3) is 0 Å². The Bertz CT molecular complexity index is 92.4. The molecule has 1 aliphatic rings. The predicted octanol–water partition coefficient (Wildman–Crippen LogP) is 1.71. The third-order valence-corrected chi connectivity index (χ3v) is 2.36. The van der Waals surface area contributed by atoms with Crippen LogP contribution in [0.4, 0.5) is 0 Å². The highest BCUT2D eigenvalue weighted by atomic mass is 35.5. The van der Waals surface area contributed by atoms with Crippen LogP contribution < -0.4 is 0 Å². The van der Waals surface area contributed by atoms with Crippen LogP contribution in [0.15, 0.2) is 0 Å². The molecule has 0 heterocycles. The molecule has 1 fully saturated rings. The molecular formula is C5H8Cl2O. The van der Waals surface area contributed by atoms with Crippen molar-refractivity contribution in [3.8, 4) is 0 Å². The van der Waals surface area contributed by atoms with E-state index in [-0.39, 0.29) is 0 Å². The molecule has 0 amide bonds. The molecule has 3 heteroatoms. The summed E-state index contributed by atoms with van der Waals surface area (Å²) in [4.78, 5) is 0. The first kappa shape index (κ1) is 6.66. The van der Waals surface area contributed by atoms with Crippen LogP contribution in [0.1, 0.15) is 19.3 Å². The summed E-state index contributed by atoms with van der Waals surface area (Å²) >= 11 is 11.3. The van der Waals surface area contributed by atoms with Gasteiger partial charge in [-0.1, -0.05) is 23.2 Å². The fraction of sp³-hybridized carbons (Fsp3) is 1.00. The molecule has 1 rings (SSSR count). The van der Waals surface area contributed by atoms with Crippen LogP contribution >= 0.6 is 23.2 Å². The summed E-state index contributed by atoms with van der Waals surface area (Å²) in [5.74, 6) is 0. The fourth-order valence-electron chi connectivity index (χ4n) is 0.909. The van der Waals surface area contributed by atoms with Crippen molar-refractivity contribution < 1.29 is 5.11 Å². The third-order valence-electron chi connectivity index (χ3n) is 1.48. The summed E-state index contributed by atoms with van der Waals surface area (Å²) in [5, 5.41) is 8.99. The van der Waals surface area contributed by atoms with E-state index in [1.54, 1.807) is 0 Å². The molecule has 1 N–H and O–H groups in total. The molecule has 0 bridgehead atoms. The van der Waals surface area contributed by atoms with Crippen molar-refractivity contribution in [2.45, 2.75) is 29.7 Å². The second kappa shape index (κ2) is 2.05. The SMILES string of the molecule is OC1CCCC1(Cl)Cl. The van der Waals surface area contributed by atoms with E-state index in [0.29, 0.717) is 0 Å². The van der Waals surface area contributed by atoms with Gasteiger partial charge in [-0.2, -0.15) is 0 Å². The highest BCUT2D eigenvalue weighted by molar-refractivity contribution is 6.49. The molecule has 0 aromatic carbocycles. The molecule has 1 saturated carbocycles. The Morgan fingerprint density at radius 3 is 2.25 bits per heavy atom. The highest BCUT2D eigenvalue weighted by Gasteiger charge is 2.37. The zero-order valence-electron chi connectivity index (χ0n) is 4.40. The van der Waals surface area contributed by atoms with Crippen LogP contribution in [0.5, 0.6) is 0 Å². The molecule has 0 aromatic rings. The lowest BCUT2D eigenvalue weighted by Gasteiger charge is -2.15. The maximum Gasteiger partial charge on any atom is 0.143 e. The van der Waals surface area contributed by atoms with E-state index < -0.39 is 10.4 Å². The van der Waals surface area contributed by atoms with Crippen LogP contribution in [0, 0.1) is 0 Å². The Hall–Kier alpha value is 0.540. The first-order valence-corrected chi connectivity index (χ1v) is 3.44. The van der Waals surface area contributed by atoms with E-state index in [2.05, 4.69) is 0 Å². The van der Waals surface area contributed by atoms with Crippen LogP contribution in [-0.2, 0) is 0 Å². The van der Waals surface area contributed by atoms with E-state index in [0.717, 1.165) is 19.3 Å². The Morgan fingerprint density at radius 1 is 1.50 bits per heavy atom. The molecule has 48 valence electrons. The molecule has 1 atom stereocenters. The van der Waals surface area contributed by atoms with Gasteiger partial charge < -0.3 is 5.11 Å². The van der Waals surface area contributed by atoms with Crippen molar-refractivity contribution >= 4 is 23.2 Å². The van der Waals surface area contributed by atoms with Gasteiger partial charge >= 0.3 is 0 Å². The average molecular weight is 155 g/mol. The average Bonchev–Trinajstić information content (AvgIpc) is 1.86. The molecule has 1 aliphatic carbocycles. The Balaban J connectivity index is 2.54. The molecule has 1 nitrogen and oxygen atoms in total. The first-order valence-electron chi connectivity index (χ1n) is 2.69. The highest BCUT2D eigenvalue weighted by Crippen LogP contribution is 2.39. The number of aliphatic hydroxyl groups is 1. The van der Waals surface area contributed by atoms with Crippen LogP contribution in [-0.4, -0.2) is 15.5 Å². The van der Waals surface area contributed by atoms with Gasteiger partial charge in [0.25, 0.3) is 0 Å². The second-order valence-electron chi connectivity index (χ2n) is 2.17. The van der Waals surface area contributed by atoms with E-state index in [1.165, 1.54) is 0 Å². The molecule has 0 spiro atoms. The number of rotatable bonds is 0. The number of hydrogen-bond donors (Lipinski definition) is 1. The van der Waals surface area contributed by atoms with Gasteiger partial charge in [0, 0.05) is 0 Å².